The van der Waals surface area contributed by atoms with Crippen LogP contribution in [0, 0.1) is 5.92 Å². The van der Waals surface area contributed by atoms with Gasteiger partial charge in [-0.3, -0.25) is 0 Å². The highest BCUT2D eigenvalue weighted by atomic mass is 32.2. The van der Waals surface area contributed by atoms with Crippen molar-refractivity contribution >= 4 is 16.0 Å². The van der Waals surface area contributed by atoms with E-state index in [-0.39, 0.29) is 10.9 Å². The summed E-state index contributed by atoms with van der Waals surface area (Å²) in [6.07, 6.45) is 5.99. The lowest BCUT2D eigenvalue weighted by Crippen LogP contribution is -2.38. The van der Waals surface area contributed by atoms with Gasteiger partial charge in [-0.25, -0.2) is 18.4 Å². The number of rotatable bonds is 8. The highest BCUT2D eigenvalue weighted by molar-refractivity contribution is 7.89. The van der Waals surface area contributed by atoms with E-state index in [1.54, 1.807) is 4.31 Å². The zero-order valence-corrected chi connectivity index (χ0v) is 13.7. The van der Waals surface area contributed by atoms with Crippen molar-refractivity contribution in [2.45, 2.75) is 51.0 Å². The van der Waals surface area contributed by atoms with E-state index in [2.05, 4.69) is 15.3 Å². The molecule has 1 aromatic heterocycles. The maximum absolute atomic E-state index is 12.7. The van der Waals surface area contributed by atoms with Crippen molar-refractivity contribution in [1.82, 2.24) is 14.3 Å². The first-order valence-electron chi connectivity index (χ1n) is 7.53. The second-order valence-electron chi connectivity index (χ2n) is 5.78. The molecule has 1 aliphatic rings. The first-order chi connectivity index (χ1) is 9.95. The van der Waals surface area contributed by atoms with Crippen LogP contribution in [-0.4, -0.2) is 41.8 Å². The molecule has 0 saturated heterocycles. The highest BCUT2D eigenvalue weighted by Crippen LogP contribution is 2.32. The number of anilines is 1. The van der Waals surface area contributed by atoms with Crippen molar-refractivity contribution < 1.29 is 8.42 Å². The van der Waals surface area contributed by atoms with E-state index in [1.807, 2.05) is 20.8 Å². The lowest BCUT2D eigenvalue weighted by atomic mass is 10.3. The molecule has 21 heavy (non-hydrogen) atoms. The summed E-state index contributed by atoms with van der Waals surface area (Å²) in [6.45, 7) is 7.21. The minimum atomic E-state index is -3.51. The van der Waals surface area contributed by atoms with Gasteiger partial charge in [0.2, 0.25) is 16.0 Å². The normalized spacial score (nSPS) is 15.7. The van der Waals surface area contributed by atoms with Gasteiger partial charge in [0.05, 0.1) is 12.4 Å². The van der Waals surface area contributed by atoms with Crippen molar-refractivity contribution in [2.24, 2.45) is 5.92 Å². The first-order valence-corrected chi connectivity index (χ1v) is 8.97. The summed E-state index contributed by atoms with van der Waals surface area (Å²) in [5.74, 6) is 0.975. The third kappa shape index (κ3) is 4.14. The van der Waals surface area contributed by atoms with Crippen LogP contribution >= 0.6 is 0 Å². The van der Waals surface area contributed by atoms with Gasteiger partial charge in [-0.1, -0.05) is 6.92 Å². The van der Waals surface area contributed by atoms with Crippen LogP contribution in [0.5, 0.6) is 0 Å². The van der Waals surface area contributed by atoms with Crippen LogP contribution in [0.25, 0.3) is 0 Å². The molecule has 1 saturated carbocycles. The van der Waals surface area contributed by atoms with Crippen LogP contribution in [0.1, 0.15) is 40.0 Å². The molecular formula is C14H24N4O2S. The summed E-state index contributed by atoms with van der Waals surface area (Å²) in [7, 11) is -3.51. The summed E-state index contributed by atoms with van der Waals surface area (Å²) in [4.78, 5) is 8.35. The van der Waals surface area contributed by atoms with Gasteiger partial charge in [0.1, 0.15) is 4.90 Å². The molecule has 0 atom stereocenters. The molecule has 0 radical (unpaired) electrons. The van der Waals surface area contributed by atoms with Crippen molar-refractivity contribution in [3.05, 3.63) is 12.4 Å². The van der Waals surface area contributed by atoms with Gasteiger partial charge in [-0.15, -0.1) is 0 Å². The Morgan fingerprint density at radius 1 is 1.33 bits per heavy atom. The Hall–Kier alpha value is -1.21. The molecule has 1 N–H and O–H groups in total. The Labute approximate surface area is 127 Å². The molecule has 1 aliphatic carbocycles. The van der Waals surface area contributed by atoms with Gasteiger partial charge in [-0.05, 0) is 39.0 Å². The third-order valence-corrected chi connectivity index (χ3v) is 5.47. The van der Waals surface area contributed by atoms with Gasteiger partial charge < -0.3 is 5.32 Å². The minimum Gasteiger partial charge on any atom is -0.354 e. The van der Waals surface area contributed by atoms with Crippen LogP contribution in [0.4, 0.5) is 5.95 Å². The third-order valence-electron chi connectivity index (χ3n) is 3.48. The van der Waals surface area contributed by atoms with Crippen molar-refractivity contribution in [1.29, 1.82) is 0 Å². The highest BCUT2D eigenvalue weighted by Gasteiger charge is 2.33. The molecule has 7 heteroatoms. The Balaban J connectivity index is 2.16. The first kappa shape index (κ1) is 16.2. The largest absolute Gasteiger partial charge is 0.354 e. The van der Waals surface area contributed by atoms with E-state index < -0.39 is 10.0 Å². The molecule has 118 valence electrons. The standard InChI is InChI=1S/C14H24N4O2S/c1-4-7-15-14-16-8-13(9-17-14)21(19,20)18(11(2)3)10-12-5-6-12/h8-9,11-12H,4-7,10H2,1-3H3,(H,15,16,17). The Morgan fingerprint density at radius 2 is 1.95 bits per heavy atom. The Kier molecular flexibility index (Phi) is 5.16. The monoisotopic (exact) mass is 312 g/mol. The van der Waals surface area contributed by atoms with Gasteiger partial charge in [0.25, 0.3) is 0 Å². The summed E-state index contributed by atoms with van der Waals surface area (Å²) in [5.41, 5.74) is 0. The Bertz CT molecular complexity index is 553. The minimum absolute atomic E-state index is 0.0616. The van der Waals surface area contributed by atoms with Gasteiger partial charge in [0.15, 0.2) is 0 Å². The summed E-state index contributed by atoms with van der Waals surface area (Å²) < 4.78 is 26.9. The average Bonchev–Trinajstić information content (AvgIpc) is 3.26. The summed E-state index contributed by atoms with van der Waals surface area (Å²) in [6, 6.07) is -0.0616. The molecule has 0 aromatic carbocycles. The topological polar surface area (TPSA) is 75.2 Å². The molecule has 1 fully saturated rings. The average molecular weight is 312 g/mol. The molecule has 0 aliphatic heterocycles. The van der Waals surface area contributed by atoms with Crippen LogP contribution in [0.15, 0.2) is 17.3 Å². The fraction of sp³-hybridized carbons (Fsp3) is 0.714. The van der Waals surface area contributed by atoms with E-state index in [9.17, 15) is 8.42 Å². The van der Waals surface area contributed by atoms with Crippen LogP contribution in [0.3, 0.4) is 0 Å². The maximum atomic E-state index is 12.7. The van der Waals surface area contributed by atoms with E-state index in [1.165, 1.54) is 12.4 Å². The van der Waals surface area contributed by atoms with E-state index in [4.69, 9.17) is 0 Å². The van der Waals surface area contributed by atoms with Crippen molar-refractivity contribution in [3.8, 4) is 0 Å². The van der Waals surface area contributed by atoms with Gasteiger partial charge in [-0.2, -0.15) is 4.31 Å². The second-order valence-corrected chi connectivity index (χ2v) is 7.67. The zero-order valence-electron chi connectivity index (χ0n) is 12.9. The molecule has 0 spiro atoms. The fourth-order valence-corrected chi connectivity index (χ4v) is 3.66. The van der Waals surface area contributed by atoms with Gasteiger partial charge >= 0.3 is 0 Å². The lowest BCUT2D eigenvalue weighted by Gasteiger charge is -2.25. The molecule has 1 heterocycles. The van der Waals surface area contributed by atoms with E-state index in [0.29, 0.717) is 18.4 Å². The predicted octanol–water partition coefficient (Wildman–Crippen LogP) is 2.11. The molecule has 6 nitrogen and oxygen atoms in total. The molecular weight excluding hydrogens is 288 g/mol. The molecule has 1 aromatic rings. The fourth-order valence-electron chi connectivity index (χ4n) is 2.05. The predicted molar refractivity (Wildman–Crippen MR) is 82.6 cm³/mol. The second kappa shape index (κ2) is 6.70. The number of sulfonamides is 1. The SMILES string of the molecule is CCCNc1ncc(S(=O)(=O)N(CC2CC2)C(C)C)cn1. The molecule has 2 rings (SSSR count). The number of aromatic nitrogens is 2. The zero-order chi connectivity index (χ0) is 15.5. The number of hydrogen-bond donors (Lipinski definition) is 1. The van der Waals surface area contributed by atoms with E-state index in [0.717, 1.165) is 25.8 Å². The van der Waals surface area contributed by atoms with Crippen molar-refractivity contribution in [2.75, 3.05) is 18.4 Å². The van der Waals surface area contributed by atoms with Gasteiger partial charge in [0, 0.05) is 19.1 Å². The number of nitrogens with zero attached hydrogens (tertiary/aromatic N) is 3. The number of hydrogen-bond acceptors (Lipinski definition) is 5. The molecule has 0 amide bonds. The van der Waals surface area contributed by atoms with Crippen LogP contribution < -0.4 is 5.32 Å². The maximum Gasteiger partial charge on any atom is 0.246 e. The summed E-state index contributed by atoms with van der Waals surface area (Å²) in [5, 5.41) is 3.04. The summed E-state index contributed by atoms with van der Waals surface area (Å²) >= 11 is 0. The quantitative estimate of drug-likeness (QED) is 0.795. The molecule has 0 bridgehead atoms. The number of nitrogens with one attached hydrogen (secondary N) is 1. The lowest BCUT2D eigenvalue weighted by molar-refractivity contribution is 0.341. The Morgan fingerprint density at radius 3 is 2.43 bits per heavy atom. The van der Waals surface area contributed by atoms with Crippen LogP contribution in [0.2, 0.25) is 0 Å². The smallest absolute Gasteiger partial charge is 0.246 e. The van der Waals surface area contributed by atoms with E-state index >= 15 is 0 Å². The van der Waals surface area contributed by atoms with Crippen LogP contribution in [-0.2, 0) is 10.0 Å². The molecule has 0 unspecified atom stereocenters. The van der Waals surface area contributed by atoms with Crippen molar-refractivity contribution in [3.63, 3.8) is 0 Å².